The van der Waals surface area contributed by atoms with Gasteiger partial charge in [-0.1, -0.05) is 26.0 Å². The molecule has 178 valence electrons. The van der Waals surface area contributed by atoms with E-state index in [9.17, 15) is 0 Å². The van der Waals surface area contributed by atoms with E-state index in [1.807, 2.05) is 12.1 Å². The Morgan fingerprint density at radius 3 is 2.64 bits per heavy atom. The third-order valence-electron chi connectivity index (χ3n) is 6.44. The van der Waals surface area contributed by atoms with Crippen molar-refractivity contribution in [3.05, 3.63) is 47.7 Å². The fraction of sp³-hybridized carbons (Fsp3) is 0.600. The van der Waals surface area contributed by atoms with Gasteiger partial charge in [0.25, 0.3) is 0 Å². The van der Waals surface area contributed by atoms with Crippen molar-refractivity contribution >= 4 is 5.96 Å². The van der Waals surface area contributed by atoms with E-state index in [0.29, 0.717) is 24.9 Å². The minimum atomic E-state index is -0.475. The van der Waals surface area contributed by atoms with Gasteiger partial charge in [0, 0.05) is 38.4 Å². The van der Waals surface area contributed by atoms with Crippen LogP contribution in [-0.4, -0.2) is 53.2 Å². The number of nitrogens with one attached hydrogen (secondary N) is 1. The summed E-state index contributed by atoms with van der Waals surface area (Å²) in [6.45, 7) is 8.26. The van der Waals surface area contributed by atoms with Gasteiger partial charge in [0.1, 0.15) is 12.0 Å². The van der Waals surface area contributed by atoms with Crippen LogP contribution in [0, 0.1) is 5.92 Å². The summed E-state index contributed by atoms with van der Waals surface area (Å²) in [5, 5.41) is 0. The summed E-state index contributed by atoms with van der Waals surface area (Å²) in [7, 11) is 2.14. The Kier molecular flexibility index (Phi) is 6.29. The highest BCUT2D eigenvalue weighted by Gasteiger charge is 2.41. The van der Waals surface area contributed by atoms with Crippen molar-refractivity contribution in [1.82, 2.24) is 20.3 Å². The van der Waals surface area contributed by atoms with Crippen molar-refractivity contribution in [2.45, 2.75) is 64.3 Å². The van der Waals surface area contributed by atoms with Crippen molar-refractivity contribution < 1.29 is 14.0 Å². The molecule has 2 fully saturated rings. The minimum absolute atomic E-state index is 0.475. The van der Waals surface area contributed by atoms with Gasteiger partial charge in [-0.3, -0.25) is 0 Å². The molecule has 1 N–H and O–H groups in total. The van der Waals surface area contributed by atoms with E-state index in [0.717, 1.165) is 55.8 Å². The molecule has 3 heterocycles. The standard InChI is InChI=1S/C25H35N5O3/c1-18(2)16-31-22-8-4-19(5-9-22)14-30(15-21-17-32-23(26-21)20-6-7-20)24-27-25(33-28-24)10-12-29(3)13-11-25/h4-5,8-9,17-18,20H,6-7,10-16H2,1-3H3,(H,27,28). The van der Waals surface area contributed by atoms with Gasteiger partial charge in [-0.15, -0.1) is 0 Å². The predicted molar refractivity (Wildman–Crippen MR) is 126 cm³/mol. The van der Waals surface area contributed by atoms with Crippen molar-refractivity contribution in [3.8, 4) is 5.75 Å². The molecule has 8 heteroatoms. The molecule has 5 rings (SSSR count). The van der Waals surface area contributed by atoms with Crippen LogP contribution in [0.1, 0.15) is 62.6 Å². The predicted octanol–water partition coefficient (Wildman–Crippen LogP) is 3.90. The maximum Gasteiger partial charge on any atom is 0.222 e. The maximum atomic E-state index is 6.04. The minimum Gasteiger partial charge on any atom is -0.493 e. The highest BCUT2D eigenvalue weighted by Crippen LogP contribution is 2.39. The average molecular weight is 454 g/mol. The van der Waals surface area contributed by atoms with Crippen LogP contribution >= 0.6 is 0 Å². The Morgan fingerprint density at radius 2 is 1.94 bits per heavy atom. The third-order valence-corrected chi connectivity index (χ3v) is 6.44. The van der Waals surface area contributed by atoms with Crippen LogP contribution in [0.5, 0.6) is 5.75 Å². The number of rotatable bonds is 8. The molecule has 2 aromatic rings. The molecule has 0 radical (unpaired) electrons. The van der Waals surface area contributed by atoms with Gasteiger partial charge in [-0.05, 0) is 43.5 Å². The van der Waals surface area contributed by atoms with Crippen LogP contribution in [-0.2, 0) is 17.9 Å². The van der Waals surface area contributed by atoms with Crippen molar-refractivity contribution in [2.75, 3.05) is 26.7 Å². The van der Waals surface area contributed by atoms with Gasteiger partial charge in [-0.25, -0.2) is 20.3 Å². The normalized spacial score (nSPS) is 20.2. The molecule has 0 unspecified atom stereocenters. The number of hydrogen-bond donors (Lipinski definition) is 1. The first kappa shape index (κ1) is 22.2. The fourth-order valence-corrected chi connectivity index (χ4v) is 4.18. The van der Waals surface area contributed by atoms with E-state index >= 15 is 0 Å². The first-order valence-electron chi connectivity index (χ1n) is 12.1. The quantitative estimate of drug-likeness (QED) is 0.650. The third kappa shape index (κ3) is 5.50. The van der Waals surface area contributed by atoms with E-state index in [1.54, 1.807) is 6.26 Å². The van der Waals surface area contributed by atoms with E-state index < -0.39 is 5.72 Å². The zero-order valence-corrected chi connectivity index (χ0v) is 19.9. The zero-order chi connectivity index (χ0) is 22.8. The molecule has 1 saturated carbocycles. The number of piperidine rings is 1. The Bertz CT molecular complexity index is 959. The molecule has 1 saturated heterocycles. The number of nitrogens with zero attached hydrogens (tertiary/aromatic N) is 4. The Hall–Kier alpha value is -2.58. The number of aromatic nitrogens is 1. The highest BCUT2D eigenvalue weighted by molar-refractivity contribution is 5.80. The smallest absolute Gasteiger partial charge is 0.222 e. The molecule has 1 aromatic carbocycles. The maximum absolute atomic E-state index is 6.04. The second-order valence-electron chi connectivity index (χ2n) is 10.0. The van der Waals surface area contributed by atoms with E-state index in [2.05, 4.69) is 48.3 Å². The lowest BCUT2D eigenvalue weighted by Crippen LogP contribution is -2.43. The summed E-state index contributed by atoms with van der Waals surface area (Å²) in [5.74, 6) is 3.52. The van der Waals surface area contributed by atoms with Crippen LogP contribution in [0.4, 0.5) is 0 Å². The zero-order valence-electron chi connectivity index (χ0n) is 19.9. The largest absolute Gasteiger partial charge is 0.493 e. The summed E-state index contributed by atoms with van der Waals surface area (Å²) in [5.41, 5.74) is 4.75. The molecule has 0 bridgehead atoms. The van der Waals surface area contributed by atoms with Crippen LogP contribution in [0.15, 0.2) is 39.9 Å². The summed E-state index contributed by atoms with van der Waals surface area (Å²) in [6, 6.07) is 8.30. The van der Waals surface area contributed by atoms with Gasteiger partial charge in [0.2, 0.25) is 5.96 Å². The molecule has 0 amide bonds. The molecule has 3 aliphatic rings. The number of benzene rings is 1. The number of likely N-dealkylation sites (tertiary alicyclic amines) is 1. The van der Waals surface area contributed by atoms with Crippen molar-refractivity contribution in [1.29, 1.82) is 0 Å². The lowest BCUT2D eigenvalue weighted by atomic mass is 10.0. The average Bonchev–Trinajstić information content (AvgIpc) is 3.42. The fourth-order valence-electron chi connectivity index (χ4n) is 4.18. The summed E-state index contributed by atoms with van der Waals surface area (Å²) in [6.07, 6.45) is 5.89. The van der Waals surface area contributed by atoms with Crippen LogP contribution < -0.4 is 10.2 Å². The molecule has 33 heavy (non-hydrogen) atoms. The first-order chi connectivity index (χ1) is 16.0. The Morgan fingerprint density at radius 1 is 1.18 bits per heavy atom. The molecule has 1 aromatic heterocycles. The van der Waals surface area contributed by atoms with Crippen molar-refractivity contribution in [3.63, 3.8) is 0 Å². The van der Waals surface area contributed by atoms with Gasteiger partial charge in [-0.2, -0.15) is 0 Å². The van der Waals surface area contributed by atoms with Gasteiger partial charge in [0.15, 0.2) is 11.6 Å². The molecule has 0 atom stereocenters. The van der Waals surface area contributed by atoms with Gasteiger partial charge < -0.3 is 19.0 Å². The van der Waals surface area contributed by atoms with E-state index in [4.69, 9.17) is 24.0 Å². The Balaban J connectivity index is 1.32. The summed E-state index contributed by atoms with van der Waals surface area (Å²) < 4.78 is 11.6. The van der Waals surface area contributed by atoms with E-state index in [-0.39, 0.29) is 0 Å². The summed E-state index contributed by atoms with van der Waals surface area (Å²) >= 11 is 0. The van der Waals surface area contributed by atoms with Crippen LogP contribution in [0.3, 0.4) is 0 Å². The first-order valence-corrected chi connectivity index (χ1v) is 12.1. The molecule has 8 nitrogen and oxygen atoms in total. The molecular weight excluding hydrogens is 418 g/mol. The number of aliphatic imine (C=N–C) groups is 1. The van der Waals surface area contributed by atoms with Crippen LogP contribution in [0.25, 0.3) is 0 Å². The monoisotopic (exact) mass is 453 g/mol. The molecule has 2 aliphatic heterocycles. The van der Waals surface area contributed by atoms with Gasteiger partial charge >= 0.3 is 0 Å². The van der Waals surface area contributed by atoms with E-state index in [1.165, 1.54) is 18.4 Å². The SMILES string of the molecule is CC(C)COc1ccc(CN(Cc2coc(C3CC3)n2)C2=NC3(CCN(C)CC3)ON2)cc1. The van der Waals surface area contributed by atoms with Crippen LogP contribution in [0.2, 0.25) is 0 Å². The van der Waals surface area contributed by atoms with Gasteiger partial charge in [0.05, 0.1) is 18.8 Å². The lowest BCUT2D eigenvalue weighted by Gasteiger charge is -2.33. The summed E-state index contributed by atoms with van der Waals surface area (Å²) in [4.78, 5) is 20.3. The molecular formula is C25H35N5O3. The number of guanidine groups is 1. The molecule has 1 spiro atoms. The second kappa shape index (κ2) is 9.35. The number of ether oxygens (including phenoxy) is 1. The number of hydroxylamine groups is 1. The Labute approximate surface area is 195 Å². The second-order valence-corrected chi connectivity index (χ2v) is 10.0. The molecule has 1 aliphatic carbocycles. The number of hydrogen-bond acceptors (Lipinski definition) is 8. The number of oxazole rings is 1. The lowest BCUT2D eigenvalue weighted by molar-refractivity contribution is -0.0875. The topological polar surface area (TPSA) is 75.4 Å². The van der Waals surface area contributed by atoms with Crippen molar-refractivity contribution in [2.24, 2.45) is 10.9 Å². The highest BCUT2D eigenvalue weighted by atomic mass is 16.7.